The number of nitrogens with zero attached hydrogens (tertiary/aromatic N) is 2. The molecule has 0 amide bonds. The van der Waals surface area contributed by atoms with Gasteiger partial charge < -0.3 is 4.90 Å². The SMILES string of the molecule is CS(=O)(=O)c1cccnc1N1CCC(C(F)(F)F)CC1. The molecule has 0 unspecified atom stereocenters. The van der Waals surface area contributed by atoms with Crippen molar-refractivity contribution in [3.05, 3.63) is 18.3 Å². The van der Waals surface area contributed by atoms with E-state index in [2.05, 4.69) is 4.98 Å². The molecule has 2 rings (SSSR count). The van der Waals surface area contributed by atoms with E-state index in [1.165, 1.54) is 18.3 Å². The van der Waals surface area contributed by atoms with Crippen molar-refractivity contribution >= 4 is 15.7 Å². The van der Waals surface area contributed by atoms with Crippen molar-refractivity contribution in [3.8, 4) is 0 Å². The zero-order valence-electron chi connectivity index (χ0n) is 10.9. The second kappa shape index (κ2) is 5.23. The molecule has 1 aliphatic rings. The third kappa shape index (κ3) is 3.23. The van der Waals surface area contributed by atoms with Gasteiger partial charge in [-0.1, -0.05) is 0 Å². The van der Waals surface area contributed by atoms with Crippen LogP contribution in [0, 0.1) is 5.92 Å². The van der Waals surface area contributed by atoms with E-state index in [1.54, 1.807) is 4.90 Å². The van der Waals surface area contributed by atoms with Crippen LogP contribution in [-0.2, 0) is 9.84 Å². The van der Waals surface area contributed by atoms with E-state index in [0.29, 0.717) is 0 Å². The molecular weight excluding hydrogens is 293 g/mol. The second-order valence-corrected chi connectivity index (χ2v) is 6.88. The Morgan fingerprint density at radius 3 is 2.40 bits per heavy atom. The van der Waals surface area contributed by atoms with Crippen LogP contribution in [0.5, 0.6) is 0 Å². The number of rotatable bonds is 2. The van der Waals surface area contributed by atoms with Crippen LogP contribution in [0.25, 0.3) is 0 Å². The van der Waals surface area contributed by atoms with Crippen LogP contribution >= 0.6 is 0 Å². The molecular formula is C12H15F3N2O2S. The molecule has 0 atom stereocenters. The van der Waals surface area contributed by atoms with Crippen molar-refractivity contribution in [2.75, 3.05) is 24.2 Å². The summed E-state index contributed by atoms with van der Waals surface area (Å²) in [5, 5.41) is 0. The maximum Gasteiger partial charge on any atom is 0.391 e. The number of aromatic nitrogens is 1. The molecule has 4 nitrogen and oxygen atoms in total. The highest BCUT2D eigenvalue weighted by molar-refractivity contribution is 7.90. The first-order valence-electron chi connectivity index (χ1n) is 6.16. The lowest BCUT2D eigenvalue weighted by atomic mass is 9.96. The number of alkyl halides is 3. The first-order valence-corrected chi connectivity index (χ1v) is 8.05. The van der Waals surface area contributed by atoms with Gasteiger partial charge in [0.25, 0.3) is 0 Å². The van der Waals surface area contributed by atoms with Crippen LogP contribution in [0.15, 0.2) is 23.2 Å². The fourth-order valence-electron chi connectivity index (χ4n) is 2.33. The summed E-state index contributed by atoms with van der Waals surface area (Å²) >= 11 is 0. The lowest BCUT2D eigenvalue weighted by Gasteiger charge is -2.34. The van der Waals surface area contributed by atoms with Gasteiger partial charge in [0.1, 0.15) is 10.7 Å². The molecule has 1 aliphatic heterocycles. The number of piperidine rings is 1. The summed E-state index contributed by atoms with van der Waals surface area (Å²) in [7, 11) is -3.45. The zero-order valence-corrected chi connectivity index (χ0v) is 11.7. The highest BCUT2D eigenvalue weighted by atomic mass is 32.2. The summed E-state index contributed by atoms with van der Waals surface area (Å²) in [5.74, 6) is -1.07. The molecule has 1 fully saturated rings. The first kappa shape index (κ1) is 15.1. The molecule has 0 radical (unpaired) electrons. The Balaban J connectivity index is 2.20. The zero-order chi connectivity index (χ0) is 15.0. The lowest BCUT2D eigenvalue weighted by Crippen LogP contribution is -2.39. The van der Waals surface area contributed by atoms with Gasteiger partial charge in [0, 0.05) is 25.5 Å². The molecule has 1 saturated heterocycles. The van der Waals surface area contributed by atoms with E-state index in [4.69, 9.17) is 0 Å². The maximum absolute atomic E-state index is 12.6. The van der Waals surface area contributed by atoms with E-state index < -0.39 is 21.9 Å². The average molecular weight is 308 g/mol. The quantitative estimate of drug-likeness (QED) is 0.841. The van der Waals surface area contributed by atoms with E-state index in [0.717, 1.165) is 6.26 Å². The van der Waals surface area contributed by atoms with Gasteiger partial charge in [-0.25, -0.2) is 13.4 Å². The van der Waals surface area contributed by atoms with Gasteiger partial charge in [0.05, 0.1) is 5.92 Å². The number of hydrogen-bond acceptors (Lipinski definition) is 4. The number of halogens is 3. The fraction of sp³-hybridized carbons (Fsp3) is 0.583. The van der Waals surface area contributed by atoms with Gasteiger partial charge in [-0.2, -0.15) is 13.2 Å². The molecule has 1 aromatic rings. The summed E-state index contributed by atoms with van der Waals surface area (Å²) < 4.78 is 61.2. The number of sulfone groups is 1. The smallest absolute Gasteiger partial charge is 0.356 e. The Hall–Kier alpha value is -1.31. The molecule has 112 valence electrons. The van der Waals surface area contributed by atoms with Crippen molar-refractivity contribution in [1.82, 2.24) is 4.98 Å². The predicted octanol–water partition coefficient (Wildman–Crippen LogP) is 2.26. The third-order valence-corrected chi connectivity index (χ3v) is 4.53. The molecule has 8 heteroatoms. The van der Waals surface area contributed by atoms with Crippen molar-refractivity contribution < 1.29 is 21.6 Å². The molecule has 0 bridgehead atoms. The van der Waals surface area contributed by atoms with E-state index in [-0.39, 0.29) is 36.6 Å². The van der Waals surface area contributed by atoms with Crippen molar-refractivity contribution in [3.63, 3.8) is 0 Å². The molecule has 0 N–H and O–H groups in total. The van der Waals surface area contributed by atoms with Crippen LogP contribution in [0.2, 0.25) is 0 Å². The Morgan fingerprint density at radius 2 is 1.90 bits per heavy atom. The molecule has 0 saturated carbocycles. The Kier molecular flexibility index (Phi) is 3.95. The van der Waals surface area contributed by atoms with Gasteiger partial charge in [0.15, 0.2) is 9.84 Å². The number of anilines is 1. The van der Waals surface area contributed by atoms with Gasteiger partial charge in [-0.15, -0.1) is 0 Å². The van der Waals surface area contributed by atoms with Crippen LogP contribution < -0.4 is 4.90 Å². The normalized spacial score (nSPS) is 18.3. The van der Waals surface area contributed by atoms with Crippen molar-refractivity contribution in [1.29, 1.82) is 0 Å². The topological polar surface area (TPSA) is 50.3 Å². The van der Waals surface area contributed by atoms with Crippen LogP contribution in [-0.4, -0.2) is 38.9 Å². The van der Waals surface area contributed by atoms with Crippen LogP contribution in [0.1, 0.15) is 12.8 Å². The minimum absolute atomic E-state index is 0.0384. The van der Waals surface area contributed by atoms with Gasteiger partial charge in [-0.05, 0) is 25.0 Å². The standard InChI is InChI=1S/C12H15F3N2O2S/c1-20(18,19)10-3-2-6-16-11(10)17-7-4-9(5-8-17)12(13,14)15/h2-3,6,9H,4-5,7-8H2,1H3. The summed E-state index contributed by atoms with van der Waals surface area (Å²) in [4.78, 5) is 5.69. The lowest BCUT2D eigenvalue weighted by molar-refractivity contribution is -0.179. The van der Waals surface area contributed by atoms with E-state index >= 15 is 0 Å². The fourth-order valence-corrected chi connectivity index (χ4v) is 3.17. The molecule has 20 heavy (non-hydrogen) atoms. The molecule has 0 spiro atoms. The van der Waals surface area contributed by atoms with Crippen LogP contribution in [0.4, 0.5) is 19.0 Å². The monoisotopic (exact) mass is 308 g/mol. The maximum atomic E-state index is 12.6. The van der Waals surface area contributed by atoms with Gasteiger partial charge in [0.2, 0.25) is 0 Å². The van der Waals surface area contributed by atoms with Crippen molar-refractivity contribution in [2.45, 2.75) is 23.9 Å². The third-order valence-electron chi connectivity index (χ3n) is 3.41. The van der Waals surface area contributed by atoms with E-state index in [9.17, 15) is 21.6 Å². The summed E-state index contributed by atoms with van der Waals surface area (Å²) in [6, 6.07) is 2.93. The van der Waals surface area contributed by atoms with Gasteiger partial charge in [-0.3, -0.25) is 0 Å². The number of hydrogen-bond donors (Lipinski definition) is 0. The highest BCUT2D eigenvalue weighted by Gasteiger charge is 2.41. The summed E-state index contributed by atoms with van der Waals surface area (Å²) in [5.41, 5.74) is 0. The van der Waals surface area contributed by atoms with E-state index in [1.807, 2.05) is 0 Å². The predicted molar refractivity (Wildman–Crippen MR) is 68.3 cm³/mol. The Bertz CT molecular complexity index is 579. The minimum Gasteiger partial charge on any atom is -0.356 e. The average Bonchev–Trinajstić information content (AvgIpc) is 2.37. The highest BCUT2D eigenvalue weighted by Crippen LogP contribution is 2.36. The largest absolute Gasteiger partial charge is 0.391 e. The second-order valence-electron chi connectivity index (χ2n) is 4.90. The van der Waals surface area contributed by atoms with Crippen molar-refractivity contribution in [2.24, 2.45) is 5.92 Å². The Morgan fingerprint density at radius 1 is 1.30 bits per heavy atom. The Labute approximate surface area is 115 Å². The van der Waals surface area contributed by atoms with Gasteiger partial charge >= 0.3 is 6.18 Å². The molecule has 0 aliphatic carbocycles. The molecule has 2 heterocycles. The summed E-state index contributed by atoms with van der Waals surface area (Å²) in [6.07, 6.45) is -1.75. The minimum atomic E-state index is -4.18. The first-order chi connectivity index (χ1) is 9.19. The summed E-state index contributed by atoms with van der Waals surface area (Å²) in [6.45, 7) is 0.313. The number of pyridine rings is 1. The molecule has 1 aromatic heterocycles. The van der Waals surface area contributed by atoms with Crippen LogP contribution in [0.3, 0.4) is 0 Å². The molecule has 0 aromatic carbocycles.